The fourth-order valence-corrected chi connectivity index (χ4v) is 10.4. The Kier molecular flexibility index (Phi) is 9.39. The predicted octanol–water partition coefficient (Wildman–Crippen LogP) is 4.36. The van der Waals surface area contributed by atoms with Crippen molar-refractivity contribution in [3.05, 3.63) is 48.5 Å². The molecule has 2 aromatic rings. The number of nitrogens with zero attached hydrogens (tertiary/aromatic N) is 2. The number of hydrogen-bond donors (Lipinski definition) is 3. The average Bonchev–Trinajstić information content (AvgIpc) is 3.57. The quantitative estimate of drug-likeness (QED) is 0.291. The van der Waals surface area contributed by atoms with Crippen LogP contribution in [0.25, 0.3) is 0 Å². The predicted molar refractivity (Wildman–Crippen MR) is 170 cm³/mol. The van der Waals surface area contributed by atoms with Gasteiger partial charge in [0.25, 0.3) is 0 Å². The molecular weight excluding hydrogens is 620 g/mol. The van der Waals surface area contributed by atoms with Crippen LogP contribution in [0.3, 0.4) is 0 Å². The van der Waals surface area contributed by atoms with Gasteiger partial charge in [0.15, 0.2) is 0 Å². The van der Waals surface area contributed by atoms with Gasteiger partial charge in [-0.1, -0.05) is 15.9 Å². The van der Waals surface area contributed by atoms with Crippen molar-refractivity contribution in [3.63, 3.8) is 0 Å². The first-order chi connectivity index (χ1) is 20.3. The van der Waals surface area contributed by atoms with E-state index >= 15 is 0 Å². The van der Waals surface area contributed by atoms with Crippen LogP contribution in [0.1, 0.15) is 33.6 Å². The van der Waals surface area contributed by atoms with E-state index in [4.69, 9.17) is 4.74 Å². The number of carbonyl (C=O) groups is 3. The van der Waals surface area contributed by atoms with E-state index in [-0.39, 0.29) is 41.0 Å². The monoisotopic (exact) mass is 658 g/mol. The Hall–Kier alpha value is -2.76. The number of halogens is 1. The molecule has 3 aliphatic rings. The van der Waals surface area contributed by atoms with E-state index in [2.05, 4.69) is 45.3 Å². The van der Waals surface area contributed by atoms with Crippen LogP contribution in [0.4, 0.5) is 17.1 Å². The zero-order valence-corrected chi connectivity index (χ0v) is 26.6. The van der Waals surface area contributed by atoms with Crippen molar-refractivity contribution < 1.29 is 24.2 Å². The molecule has 42 heavy (non-hydrogen) atoms. The number of thioether (sulfide) groups is 1. The molecular formula is C31H39BrN4O5S. The Bertz CT molecular complexity index is 1290. The van der Waals surface area contributed by atoms with Crippen LogP contribution < -0.4 is 20.3 Å². The lowest BCUT2D eigenvalue weighted by atomic mass is 9.70. The van der Waals surface area contributed by atoms with Gasteiger partial charge in [-0.2, -0.15) is 0 Å². The van der Waals surface area contributed by atoms with Gasteiger partial charge in [-0.05, 0) is 82.1 Å². The molecule has 0 saturated carbocycles. The Morgan fingerprint density at radius 2 is 1.67 bits per heavy atom. The lowest BCUT2D eigenvalue weighted by Gasteiger charge is -2.35. The molecule has 0 radical (unpaired) electrons. The van der Waals surface area contributed by atoms with Crippen LogP contribution in [0.2, 0.25) is 0 Å². The van der Waals surface area contributed by atoms with Crippen LogP contribution in [0, 0.1) is 11.8 Å². The number of alkyl halides is 1. The molecule has 0 aliphatic carbocycles. The highest BCUT2D eigenvalue weighted by Crippen LogP contribution is 2.67. The number of fused-ring (bicyclic) bond motifs is 1. The van der Waals surface area contributed by atoms with Gasteiger partial charge in [-0.15, -0.1) is 11.8 Å². The first kappa shape index (κ1) is 30.7. The molecule has 3 amide bonds. The Morgan fingerprint density at radius 3 is 2.26 bits per heavy atom. The van der Waals surface area contributed by atoms with Crippen molar-refractivity contribution >= 4 is 62.5 Å². The molecule has 2 aromatic carbocycles. The summed E-state index contributed by atoms with van der Waals surface area (Å²) in [6.07, 6.45) is 0.950. The molecule has 226 valence electrons. The lowest BCUT2D eigenvalue weighted by Crippen LogP contribution is -2.52. The van der Waals surface area contributed by atoms with E-state index in [9.17, 15) is 19.5 Å². The SMILES string of the molecule is CCOc1ccc(NC(=O)[C@H]2[C@@H]3SC4(CC3Br)C(C(=O)Nc3ccc(N(CC)CC)cc3)N(CCCO)C(=O)[C@H]24)cc1. The van der Waals surface area contributed by atoms with E-state index in [1.54, 1.807) is 40.9 Å². The third-order valence-electron chi connectivity index (χ3n) is 8.59. The smallest absolute Gasteiger partial charge is 0.248 e. The number of aliphatic hydroxyl groups is 1. The van der Waals surface area contributed by atoms with E-state index in [0.717, 1.165) is 18.8 Å². The van der Waals surface area contributed by atoms with Crippen molar-refractivity contribution in [2.45, 2.75) is 54.5 Å². The van der Waals surface area contributed by atoms with E-state index < -0.39 is 22.6 Å². The summed E-state index contributed by atoms with van der Waals surface area (Å²) in [5.41, 5.74) is 2.36. The summed E-state index contributed by atoms with van der Waals surface area (Å²) in [6.45, 7) is 8.58. The normalized spacial score (nSPS) is 27.6. The van der Waals surface area contributed by atoms with Crippen molar-refractivity contribution in [2.75, 3.05) is 48.4 Å². The number of rotatable bonds is 12. The molecule has 1 spiro atoms. The van der Waals surface area contributed by atoms with Crippen LogP contribution in [0.15, 0.2) is 48.5 Å². The number of benzene rings is 2. The summed E-state index contributed by atoms with van der Waals surface area (Å²) in [6, 6.07) is 14.2. The minimum atomic E-state index is -0.762. The van der Waals surface area contributed by atoms with Gasteiger partial charge in [0.05, 0.1) is 23.2 Å². The number of ether oxygens (including phenoxy) is 1. The zero-order valence-electron chi connectivity index (χ0n) is 24.2. The number of hydrogen-bond acceptors (Lipinski definition) is 7. The molecule has 5 rings (SSSR count). The first-order valence-electron chi connectivity index (χ1n) is 14.7. The van der Waals surface area contributed by atoms with Crippen molar-refractivity contribution in [2.24, 2.45) is 11.8 Å². The average molecular weight is 660 g/mol. The molecule has 3 saturated heterocycles. The maximum atomic E-state index is 14.1. The fourth-order valence-electron chi connectivity index (χ4n) is 6.79. The minimum Gasteiger partial charge on any atom is -0.494 e. The summed E-state index contributed by atoms with van der Waals surface area (Å²) in [4.78, 5) is 45.7. The van der Waals surface area contributed by atoms with Gasteiger partial charge in [0, 0.05) is 53.4 Å². The highest BCUT2D eigenvalue weighted by molar-refractivity contribution is 9.09. The zero-order chi connectivity index (χ0) is 30.0. The molecule has 3 heterocycles. The molecule has 0 aromatic heterocycles. The van der Waals surface area contributed by atoms with Crippen LogP contribution in [0.5, 0.6) is 5.75 Å². The third-order valence-corrected chi connectivity index (χ3v) is 11.8. The second kappa shape index (κ2) is 12.9. The van der Waals surface area contributed by atoms with E-state index in [0.29, 0.717) is 36.6 Å². The molecule has 2 bridgehead atoms. The van der Waals surface area contributed by atoms with Crippen LogP contribution >= 0.6 is 27.7 Å². The molecule has 3 fully saturated rings. The standard InChI is InChI=1S/C31H39BrN4O5S/c1-4-35(5-2)21-12-8-19(9-13-21)34-29(39)27-31-18-23(32)26(42-31)24(25(31)30(40)36(27)16-7-17-37)28(38)33-20-10-14-22(15-11-20)41-6-3/h8-15,23-27,37H,4-7,16-18H2,1-3H3,(H,33,38)(H,34,39)/t23?,24-,25+,26-,27?,31?/m1/s1. The van der Waals surface area contributed by atoms with E-state index in [1.165, 1.54) is 0 Å². The molecule has 6 atom stereocenters. The Labute approximate surface area is 259 Å². The van der Waals surface area contributed by atoms with E-state index in [1.807, 2.05) is 31.2 Å². The molecule has 3 unspecified atom stereocenters. The number of nitrogens with one attached hydrogen (secondary N) is 2. The second-order valence-corrected chi connectivity index (χ2v) is 13.6. The summed E-state index contributed by atoms with van der Waals surface area (Å²) in [5.74, 6) is -1.20. The second-order valence-electron chi connectivity index (χ2n) is 10.9. The van der Waals surface area contributed by atoms with Crippen molar-refractivity contribution in [1.82, 2.24) is 4.90 Å². The number of aliphatic hydroxyl groups excluding tert-OH is 1. The molecule has 3 aliphatic heterocycles. The number of likely N-dealkylation sites (tertiary alicyclic amines) is 1. The highest BCUT2D eigenvalue weighted by atomic mass is 79.9. The number of amides is 3. The molecule has 3 N–H and O–H groups in total. The van der Waals surface area contributed by atoms with Crippen molar-refractivity contribution in [3.8, 4) is 5.75 Å². The summed E-state index contributed by atoms with van der Waals surface area (Å²) >= 11 is 5.39. The van der Waals surface area contributed by atoms with Gasteiger partial charge in [-0.25, -0.2) is 0 Å². The Balaban J connectivity index is 1.40. The number of anilines is 3. The maximum absolute atomic E-state index is 14.1. The van der Waals surface area contributed by atoms with Crippen molar-refractivity contribution in [1.29, 1.82) is 0 Å². The fraction of sp³-hybridized carbons (Fsp3) is 0.516. The minimum absolute atomic E-state index is 0.0240. The maximum Gasteiger partial charge on any atom is 0.248 e. The van der Waals surface area contributed by atoms with Gasteiger partial charge in [0.2, 0.25) is 17.7 Å². The van der Waals surface area contributed by atoms with Gasteiger partial charge >= 0.3 is 0 Å². The van der Waals surface area contributed by atoms with Gasteiger partial charge < -0.3 is 30.3 Å². The summed E-state index contributed by atoms with van der Waals surface area (Å²) in [7, 11) is 0. The number of carbonyl (C=O) groups excluding carboxylic acids is 3. The largest absolute Gasteiger partial charge is 0.494 e. The van der Waals surface area contributed by atoms with Gasteiger partial charge in [-0.3, -0.25) is 14.4 Å². The third kappa shape index (κ3) is 5.51. The van der Waals surface area contributed by atoms with Crippen LogP contribution in [-0.2, 0) is 14.4 Å². The van der Waals surface area contributed by atoms with Crippen LogP contribution in [-0.4, -0.2) is 81.4 Å². The molecule has 11 heteroatoms. The summed E-state index contributed by atoms with van der Waals surface area (Å²) < 4.78 is 4.75. The summed E-state index contributed by atoms with van der Waals surface area (Å²) in [5, 5.41) is 15.5. The highest BCUT2D eigenvalue weighted by Gasteiger charge is 2.75. The topological polar surface area (TPSA) is 111 Å². The Morgan fingerprint density at radius 1 is 1.05 bits per heavy atom. The van der Waals surface area contributed by atoms with Gasteiger partial charge in [0.1, 0.15) is 11.8 Å². The first-order valence-corrected chi connectivity index (χ1v) is 16.5. The lowest BCUT2D eigenvalue weighted by molar-refractivity contribution is -0.138. The molecule has 9 nitrogen and oxygen atoms in total.